The van der Waals surface area contributed by atoms with Crippen molar-refractivity contribution >= 4 is 11.9 Å². The van der Waals surface area contributed by atoms with E-state index in [0.717, 1.165) is 0 Å². The van der Waals surface area contributed by atoms with Crippen LogP contribution in [0.25, 0.3) is 0 Å². The van der Waals surface area contributed by atoms with E-state index >= 15 is 0 Å². The van der Waals surface area contributed by atoms with Crippen molar-refractivity contribution in [1.82, 2.24) is 0 Å². The summed E-state index contributed by atoms with van der Waals surface area (Å²) in [5, 5.41) is 9.56. The molecule has 5 heteroatoms. The molecule has 0 spiro atoms. The fourth-order valence-electron chi connectivity index (χ4n) is 1.29. The predicted octanol–water partition coefficient (Wildman–Crippen LogP) is 1.16. The maximum atomic E-state index is 11.7. The molecule has 1 aromatic carbocycles. The quantitative estimate of drug-likeness (QED) is 0.796. The van der Waals surface area contributed by atoms with Crippen LogP contribution in [0, 0.1) is 0 Å². The smallest absolute Gasteiger partial charge is 0.338 e. The van der Waals surface area contributed by atoms with Gasteiger partial charge in [-0.05, 0) is 26.0 Å². The van der Waals surface area contributed by atoms with Crippen molar-refractivity contribution in [2.45, 2.75) is 26.1 Å². The van der Waals surface area contributed by atoms with Crippen molar-refractivity contribution < 1.29 is 24.2 Å². The summed E-state index contributed by atoms with van der Waals surface area (Å²) >= 11 is 0. The molecule has 0 fully saturated rings. The monoisotopic (exact) mass is 252 g/mol. The molecule has 5 nitrogen and oxygen atoms in total. The minimum atomic E-state index is -1.47. The van der Waals surface area contributed by atoms with Crippen molar-refractivity contribution in [2.75, 3.05) is 6.61 Å². The lowest BCUT2D eigenvalue weighted by molar-refractivity contribution is -0.158. The number of carbonyl (C=O) groups is 2. The van der Waals surface area contributed by atoms with Gasteiger partial charge in [-0.25, -0.2) is 9.59 Å². The normalized spacial score (nSPS) is 13.5. The Morgan fingerprint density at radius 3 is 2.44 bits per heavy atom. The van der Waals surface area contributed by atoms with E-state index < -0.39 is 24.1 Å². The average molecular weight is 252 g/mol. The molecule has 0 radical (unpaired) electrons. The molecular formula is C13H16O5. The second-order valence-electron chi connectivity index (χ2n) is 3.67. The highest BCUT2D eigenvalue weighted by Gasteiger charge is 2.27. The van der Waals surface area contributed by atoms with E-state index in [4.69, 9.17) is 4.74 Å². The zero-order valence-electron chi connectivity index (χ0n) is 10.3. The van der Waals surface area contributed by atoms with Gasteiger partial charge in [-0.1, -0.05) is 18.2 Å². The molecule has 18 heavy (non-hydrogen) atoms. The Morgan fingerprint density at radius 1 is 1.28 bits per heavy atom. The number of rotatable bonds is 5. The number of carbonyl (C=O) groups excluding carboxylic acids is 2. The Hall–Kier alpha value is -1.88. The standard InChI is InChI=1S/C13H16O5/c1-3-17-13(16)11(14)9(2)18-12(15)10-7-5-4-6-8-10/h4-9,11,14H,3H2,1-2H3/t9-,11-/m1/s1. The highest BCUT2D eigenvalue weighted by molar-refractivity contribution is 5.89. The Morgan fingerprint density at radius 2 is 1.89 bits per heavy atom. The van der Waals surface area contributed by atoms with Gasteiger partial charge in [0.05, 0.1) is 12.2 Å². The number of aliphatic hydroxyl groups excluding tert-OH is 1. The lowest BCUT2D eigenvalue weighted by Gasteiger charge is -2.17. The van der Waals surface area contributed by atoms with E-state index in [0.29, 0.717) is 5.56 Å². The molecule has 0 bridgehead atoms. The van der Waals surface area contributed by atoms with Gasteiger partial charge >= 0.3 is 11.9 Å². The third-order valence-electron chi connectivity index (χ3n) is 2.28. The Bertz CT molecular complexity index is 401. The van der Waals surface area contributed by atoms with Crippen LogP contribution in [0.1, 0.15) is 24.2 Å². The van der Waals surface area contributed by atoms with Gasteiger partial charge in [0.25, 0.3) is 0 Å². The summed E-state index contributed by atoms with van der Waals surface area (Å²) in [5.74, 6) is -1.39. The van der Waals surface area contributed by atoms with Crippen LogP contribution in [0.5, 0.6) is 0 Å². The lowest BCUT2D eigenvalue weighted by atomic mass is 10.2. The van der Waals surface area contributed by atoms with Gasteiger partial charge in [-0.2, -0.15) is 0 Å². The van der Waals surface area contributed by atoms with E-state index in [1.807, 2.05) is 0 Å². The number of esters is 2. The Labute approximate surface area is 105 Å². The Kier molecular flexibility index (Phi) is 5.32. The maximum absolute atomic E-state index is 11.7. The first kappa shape index (κ1) is 14.2. The highest BCUT2D eigenvalue weighted by Crippen LogP contribution is 2.07. The molecule has 1 rings (SSSR count). The van der Waals surface area contributed by atoms with Crippen molar-refractivity contribution in [2.24, 2.45) is 0 Å². The summed E-state index contributed by atoms with van der Waals surface area (Å²) in [7, 11) is 0. The first-order chi connectivity index (χ1) is 8.56. The predicted molar refractivity (Wildman–Crippen MR) is 64.0 cm³/mol. The zero-order chi connectivity index (χ0) is 13.5. The van der Waals surface area contributed by atoms with Crippen molar-refractivity contribution in [3.8, 4) is 0 Å². The van der Waals surface area contributed by atoms with Gasteiger partial charge in [0.2, 0.25) is 0 Å². The Balaban J connectivity index is 2.57. The van der Waals surface area contributed by atoms with Crippen LogP contribution in [-0.2, 0) is 14.3 Å². The van der Waals surface area contributed by atoms with Crippen molar-refractivity contribution in [3.05, 3.63) is 35.9 Å². The van der Waals surface area contributed by atoms with E-state index in [1.165, 1.54) is 6.92 Å². The van der Waals surface area contributed by atoms with E-state index in [-0.39, 0.29) is 6.61 Å². The van der Waals surface area contributed by atoms with Crippen LogP contribution in [0.4, 0.5) is 0 Å². The van der Waals surface area contributed by atoms with Crippen LogP contribution in [0.3, 0.4) is 0 Å². The second kappa shape index (κ2) is 6.76. The molecule has 1 N–H and O–H groups in total. The molecule has 0 saturated carbocycles. The highest BCUT2D eigenvalue weighted by atomic mass is 16.6. The molecule has 0 unspecified atom stereocenters. The molecule has 0 amide bonds. The number of benzene rings is 1. The summed E-state index contributed by atoms with van der Waals surface area (Å²) in [6.45, 7) is 3.23. The van der Waals surface area contributed by atoms with Crippen LogP contribution in [-0.4, -0.2) is 35.9 Å². The SMILES string of the molecule is CCOC(=O)[C@H](O)[C@@H](C)OC(=O)c1ccccc1. The van der Waals surface area contributed by atoms with Gasteiger partial charge in [-0.15, -0.1) is 0 Å². The van der Waals surface area contributed by atoms with Gasteiger partial charge in [0.15, 0.2) is 6.10 Å². The van der Waals surface area contributed by atoms with Gasteiger partial charge in [0, 0.05) is 0 Å². The number of aliphatic hydroxyl groups is 1. The summed E-state index contributed by atoms with van der Waals surface area (Å²) in [5.41, 5.74) is 0.361. The van der Waals surface area contributed by atoms with Gasteiger partial charge in [-0.3, -0.25) is 0 Å². The molecule has 0 aliphatic rings. The van der Waals surface area contributed by atoms with E-state index in [9.17, 15) is 14.7 Å². The summed E-state index contributed by atoms with van der Waals surface area (Å²) < 4.78 is 9.61. The maximum Gasteiger partial charge on any atom is 0.338 e. The molecule has 0 heterocycles. The van der Waals surface area contributed by atoms with Crippen molar-refractivity contribution in [1.29, 1.82) is 0 Å². The molecule has 0 aliphatic heterocycles. The van der Waals surface area contributed by atoms with Crippen LogP contribution in [0.2, 0.25) is 0 Å². The minimum absolute atomic E-state index is 0.162. The van der Waals surface area contributed by atoms with Gasteiger partial charge in [0.1, 0.15) is 6.10 Å². The van der Waals surface area contributed by atoms with Crippen LogP contribution in [0.15, 0.2) is 30.3 Å². The summed E-state index contributed by atoms with van der Waals surface area (Å²) in [6.07, 6.45) is -2.44. The molecule has 1 aromatic rings. The van der Waals surface area contributed by atoms with Crippen LogP contribution < -0.4 is 0 Å². The molecule has 0 saturated heterocycles. The summed E-state index contributed by atoms with van der Waals surface area (Å²) in [6, 6.07) is 8.34. The van der Waals surface area contributed by atoms with Crippen molar-refractivity contribution in [3.63, 3.8) is 0 Å². The lowest BCUT2D eigenvalue weighted by Crippen LogP contribution is -2.36. The van der Waals surface area contributed by atoms with Crippen LogP contribution >= 0.6 is 0 Å². The fraction of sp³-hybridized carbons (Fsp3) is 0.385. The largest absolute Gasteiger partial charge is 0.464 e. The first-order valence-corrected chi connectivity index (χ1v) is 5.67. The van der Waals surface area contributed by atoms with E-state index in [2.05, 4.69) is 4.74 Å². The number of hydrogen-bond acceptors (Lipinski definition) is 5. The zero-order valence-corrected chi connectivity index (χ0v) is 10.3. The minimum Gasteiger partial charge on any atom is -0.464 e. The molecule has 2 atom stereocenters. The number of hydrogen-bond donors (Lipinski definition) is 1. The third-order valence-corrected chi connectivity index (χ3v) is 2.28. The van der Waals surface area contributed by atoms with E-state index in [1.54, 1.807) is 37.3 Å². The second-order valence-corrected chi connectivity index (χ2v) is 3.67. The summed E-state index contributed by atoms with van der Waals surface area (Å²) in [4.78, 5) is 22.9. The third kappa shape index (κ3) is 3.85. The first-order valence-electron chi connectivity index (χ1n) is 5.67. The molecular weight excluding hydrogens is 236 g/mol. The molecule has 98 valence electrons. The number of ether oxygens (including phenoxy) is 2. The van der Waals surface area contributed by atoms with Gasteiger partial charge < -0.3 is 14.6 Å². The molecule has 0 aliphatic carbocycles. The average Bonchev–Trinajstić information content (AvgIpc) is 2.39. The fourth-order valence-corrected chi connectivity index (χ4v) is 1.29. The molecule has 0 aromatic heterocycles. The topological polar surface area (TPSA) is 72.8 Å².